The van der Waals surface area contributed by atoms with Crippen LogP contribution in [-0.4, -0.2) is 39.3 Å². The van der Waals surface area contributed by atoms with E-state index in [4.69, 9.17) is 16.3 Å². The molecular weight excluding hydrogens is 274 g/mol. The third kappa shape index (κ3) is 6.78. The zero-order valence-electron chi connectivity index (χ0n) is 12.3. The van der Waals surface area contributed by atoms with E-state index in [2.05, 4.69) is 22.5 Å². The Morgan fingerprint density at radius 3 is 2.80 bits per heavy atom. The molecule has 0 bridgehead atoms. The Hall–Kier alpha value is -1.26. The Morgan fingerprint density at radius 1 is 1.30 bits per heavy atom. The molecule has 1 rings (SSSR count). The van der Waals surface area contributed by atoms with Gasteiger partial charge in [-0.05, 0) is 31.4 Å². The maximum absolute atomic E-state index is 6.13. The first kappa shape index (κ1) is 16.8. The van der Waals surface area contributed by atoms with Crippen molar-refractivity contribution in [3.63, 3.8) is 0 Å². The molecule has 1 aromatic rings. The summed E-state index contributed by atoms with van der Waals surface area (Å²) in [5, 5.41) is 7.35. The van der Waals surface area contributed by atoms with Gasteiger partial charge in [0.15, 0.2) is 5.96 Å². The van der Waals surface area contributed by atoms with Crippen molar-refractivity contribution in [1.29, 1.82) is 0 Å². The minimum absolute atomic E-state index is 0.739. The Balaban J connectivity index is 2.36. The minimum Gasteiger partial charge on any atom is -0.385 e. The van der Waals surface area contributed by atoms with Crippen LogP contribution in [-0.2, 0) is 11.2 Å². The molecule has 112 valence electrons. The Bertz CT molecular complexity index is 410. The highest BCUT2D eigenvalue weighted by Crippen LogP contribution is 2.14. The monoisotopic (exact) mass is 297 g/mol. The molecule has 1 aromatic carbocycles. The molecule has 0 amide bonds. The van der Waals surface area contributed by atoms with E-state index in [1.807, 2.05) is 24.3 Å². The molecular formula is C15H24ClN3O. The minimum atomic E-state index is 0.739. The van der Waals surface area contributed by atoms with E-state index in [0.29, 0.717) is 0 Å². The fraction of sp³-hybridized carbons (Fsp3) is 0.533. The van der Waals surface area contributed by atoms with Crippen molar-refractivity contribution in [1.82, 2.24) is 10.6 Å². The topological polar surface area (TPSA) is 45.7 Å². The third-order valence-corrected chi connectivity index (χ3v) is 3.13. The number of halogens is 1. The van der Waals surface area contributed by atoms with Crippen LogP contribution in [0.2, 0.25) is 5.02 Å². The molecule has 0 aliphatic heterocycles. The van der Waals surface area contributed by atoms with Crippen LogP contribution in [0, 0.1) is 0 Å². The fourth-order valence-corrected chi connectivity index (χ4v) is 1.99. The molecule has 0 atom stereocenters. The molecule has 0 radical (unpaired) electrons. The summed E-state index contributed by atoms with van der Waals surface area (Å²) in [6, 6.07) is 7.92. The average Bonchev–Trinajstić information content (AvgIpc) is 2.45. The van der Waals surface area contributed by atoms with Crippen molar-refractivity contribution >= 4 is 17.6 Å². The molecule has 0 heterocycles. The van der Waals surface area contributed by atoms with Crippen molar-refractivity contribution in [2.75, 3.05) is 33.4 Å². The number of nitrogens with one attached hydrogen (secondary N) is 2. The lowest BCUT2D eigenvalue weighted by molar-refractivity contribution is 0.197. The maximum Gasteiger partial charge on any atom is 0.191 e. The lowest BCUT2D eigenvalue weighted by Crippen LogP contribution is -2.38. The number of aliphatic imine (C=N–C) groups is 1. The molecule has 0 saturated carbocycles. The summed E-state index contributed by atoms with van der Waals surface area (Å²) in [7, 11) is 1.71. The van der Waals surface area contributed by atoms with Crippen molar-refractivity contribution in [2.45, 2.75) is 19.8 Å². The van der Waals surface area contributed by atoms with Gasteiger partial charge >= 0.3 is 0 Å². The summed E-state index contributed by atoms with van der Waals surface area (Å²) < 4.78 is 5.01. The van der Waals surface area contributed by atoms with Crippen LogP contribution in [0.4, 0.5) is 0 Å². The van der Waals surface area contributed by atoms with Gasteiger partial charge in [-0.2, -0.15) is 0 Å². The molecule has 20 heavy (non-hydrogen) atoms. The van der Waals surface area contributed by atoms with E-state index >= 15 is 0 Å². The van der Waals surface area contributed by atoms with Gasteiger partial charge in [0.2, 0.25) is 0 Å². The fourth-order valence-electron chi connectivity index (χ4n) is 1.76. The number of hydrogen-bond donors (Lipinski definition) is 2. The lowest BCUT2D eigenvalue weighted by Gasteiger charge is -2.11. The molecule has 0 spiro atoms. The van der Waals surface area contributed by atoms with Gasteiger partial charge in [-0.15, -0.1) is 0 Å². The summed E-state index contributed by atoms with van der Waals surface area (Å²) in [6.07, 6.45) is 1.81. The second-order valence-electron chi connectivity index (χ2n) is 4.38. The van der Waals surface area contributed by atoms with E-state index in [-0.39, 0.29) is 0 Å². The van der Waals surface area contributed by atoms with Crippen LogP contribution in [0.1, 0.15) is 18.9 Å². The lowest BCUT2D eigenvalue weighted by atomic mass is 10.1. The number of guanidine groups is 1. The zero-order valence-corrected chi connectivity index (χ0v) is 13.0. The summed E-state index contributed by atoms with van der Waals surface area (Å²) >= 11 is 6.13. The SMILES string of the molecule is CCNC(=NCCCOC)NCCc1ccccc1Cl. The van der Waals surface area contributed by atoms with Crippen LogP contribution < -0.4 is 10.6 Å². The second kappa shape index (κ2) is 10.5. The number of benzene rings is 1. The van der Waals surface area contributed by atoms with Crippen molar-refractivity contribution < 1.29 is 4.74 Å². The number of methoxy groups -OCH3 is 1. The Kier molecular flexibility index (Phi) is 8.83. The van der Waals surface area contributed by atoms with E-state index < -0.39 is 0 Å². The van der Waals surface area contributed by atoms with E-state index in [1.165, 1.54) is 0 Å². The van der Waals surface area contributed by atoms with E-state index in [9.17, 15) is 0 Å². The Labute approximate surface area is 126 Å². The van der Waals surface area contributed by atoms with Crippen molar-refractivity contribution in [2.24, 2.45) is 4.99 Å². The van der Waals surface area contributed by atoms with Gasteiger partial charge in [0.05, 0.1) is 0 Å². The zero-order chi connectivity index (χ0) is 14.6. The average molecular weight is 298 g/mol. The quantitative estimate of drug-likeness (QED) is 0.440. The van der Waals surface area contributed by atoms with E-state index in [1.54, 1.807) is 7.11 Å². The molecule has 0 aliphatic carbocycles. The normalized spacial score (nSPS) is 11.4. The molecule has 0 aromatic heterocycles. The first-order chi connectivity index (χ1) is 9.77. The summed E-state index contributed by atoms with van der Waals surface area (Å²) in [5.74, 6) is 0.843. The molecule has 5 heteroatoms. The number of rotatable bonds is 8. The highest BCUT2D eigenvalue weighted by Gasteiger charge is 2.00. The first-order valence-corrected chi connectivity index (χ1v) is 7.40. The van der Waals surface area contributed by atoms with Gasteiger partial charge in [-0.3, -0.25) is 4.99 Å². The van der Waals surface area contributed by atoms with Gasteiger partial charge in [0.25, 0.3) is 0 Å². The van der Waals surface area contributed by atoms with Gasteiger partial charge in [-0.1, -0.05) is 29.8 Å². The maximum atomic E-state index is 6.13. The number of hydrogen-bond acceptors (Lipinski definition) is 2. The second-order valence-corrected chi connectivity index (χ2v) is 4.78. The molecule has 4 nitrogen and oxygen atoms in total. The van der Waals surface area contributed by atoms with Gasteiger partial charge in [0, 0.05) is 38.4 Å². The highest BCUT2D eigenvalue weighted by molar-refractivity contribution is 6.31. The molecule has 0 unspecified atom stereocenters. The van der Waals surface area contributed by atoms with Crippen LogP contribution in [0.25, 0.3) is 0 Å². The van der Waals surface area contributed by atoms with Crippen LogP contribution in [0.15, 0.2) is 29.3 Å². The molecule has 2 N–H and O–H groups in total. The summed E-state index contributed by atoms with van der Waals surface area (Å²) in [4.78, 5) is 4.49. The van der Waals surface area contributed by atoms with Gasteiger partial charge < -0.3 is 15.4 Å². The summed E-state index contributed by atoms with van der Waals surface area (Å²) in [5.41, 5.74) is 1.15. The molecule has 0 fully saturated rings. The number of ether oxygens (including phenoxy) is 1. The van der Waals surface area contributed by atoms with Crippen LogP contribution >= 0.6 is 11.6 Å². The predicted molar refractivity (Wildman–Crippen MR) is 85.6 cm³/mol. The van der Waals surface area contributed by atoms with Crippen molar-refractivity contribution in [3.05, 3.63) is 34.9 Å². The summed E-state index contributed by atoms with van der Waals surface area (Å²) in [6.45, 7) is 5.21. The molecule has 0 saturated heterocycles. The van der Waals surface area contributed by atoms with Crippen LogP contribution in [0.5, 0.6) is 0 Å². The molecule has 0 aliphatic rings. The smallest absolute Gasteiger partial charge is 0.191 e. The number of nitrogens with zero attached hydrogens (tertiary/aromatic N) is 1. The van der Waals surface area contributed by atoms with E-state index in [0.717, 1.165) is 55.6 Å². The van der Waals surface area contributed by atoms with Gasteiger partial charge in [-0.25, -0.2) is 0 Å². The van der Waals surface area contributed by atoms with Crippen LogP contribution in [0.3, 0.4) is 0 Å². The Morgan fingerprint density at radius 2 is 2.10 bits per heavy atom. The highest BCUT2D eigenvalue weighted by atomic mass is 35.5. The van der Waals surface area contributed by atoms with Gasteiger partial charge in [0.1, 0.15) is 0 Å². The third-order valence-electron chi connectivity index (χ3n) is 2.77. The predicted octanol–water partition coefficient (Wildman–Crippen LogP) is 2.47. The van der Waals surface area contributed by atoms with Crippen molar-refractivity contribution in [3.8, 4) is 0 Å². The largest absolute Gasteiger partial charge is 0.385 e. The standard InChI is InChI=1S/C15H24ClN3O/c1-3-17-15(18-10-6-12-20-2)19-11-9-13-7-4-5-8-14(13)16/h4-5,7-8H,3,6,9-12H2,1-2H3,(H2,17,18,19). The first-order valence-electron chi connectivity index (χ1n) is 7.02.